The number of carbonyl (C=O) groups excluding carboxylic acids is 2. The second-order valence-electron chi connectivity index (χ2n) is 4.66. The standard InChI is InChI=1S/C16H16IN3O3/c17-14-9-8-13(23-14)11-19-20-15(21)7-4-10-18-16(22)12-5-2-1-3-6-12/h1-3,5-6,8-9,11H,4,7,10H2,(H,18,22)(H,20,21)/b19-11+. The van der Waals surface area contributed by atoms with Gasteiger partial charge in [-0.05, 0) is 53.3 Å². The molecular weight excluding hydrogens is 409 g/mol. The molecule has 0 spiro atoms. The van der Waals surface area contributed by atoms with Gasteiger partial charge < -0.3 is 9.73 Å². The maximum absolute atomic E-state index is 11.8. The van der Waals surface area contributed by atoms with Gasteiger partial charge in [-0.3, -0.25) is 9.59 Å². The van der Waals surface area contributed by atoms with Crippen LogP contribution in [0.4, 0.5) is 0 Å². The number of nitrogens with one attached hydrogen (secondary N) is 2. The van der Waals surface area contributed by atoms with Crippen molar-refractivity contribution in [3.05, 3.63) is 57.6 Å². The van der Waals surface area contributed by atoms with Crippen LogP contribution in [-0.4, -0.2) is 24.6 Å². The Morgan fingerprint density at radius 2 is 1.96 bits per heavy atom. The van der Waals surface area contributed by atoms with E-state index in [1.165, 1.54) is 6.21 Å². The summed E-state index contributed by atoms with van der Waals surface area (Å²) in [5, 5.41) is 6.57. The summed E-state index contributed by atoms with van der Waals surface area (Å²) in [6.45, 7) is 0.432. The number of nitrogens with zero attached hydrogens (tertiary/aromatic N) is 1. The summed E-state index contributed by atoms with van der Waals surface area (Å²) in [4.78, 5) is 23.4. The minimum absolute atomic E-state index is 0.142. The van der Waals surface area contributed by atoms with Crippen LogP contribution in [0.5, 0.6) is 0 Å². The maximum atomic E-state index is 11.8. The topological polar surface area (TPSA) is 83.7 Å². The maximum Gasteiger partial charge on any atom is 0.251 e. The van der Waals surface area contributed by atoms with Crippen LogP contribution in [0.2, 0.25) is 0 Å². The lowest BCUT2D eigenvalue weighted by Gasteiger charge is -2.04. The van der Waals surface area contributed by atoms with Crippen LogP contribution < -0.4 is 10.7 Å². The molecule has 2 rings (SSSR count). The van der Waals surface area contributed by atoms with Crippen LogP contribution in [0, 0.1) is 3.77 Å². The number of halogens is 1. The highest BCUT2D eigenvalue weighted by molar-refractivity contribution is 14.1. The Bertz CT molecular complexity index is 683. The molecule has 0 atom stereocenters. The Labute approximate surface area is 147 Å². The normalized spacial score (nSPS) is 10.7. The van der Waals surface area contributed by atoms with E-state index >= 15 is 0 Å². The van der Waals surface area contributed by atoms with Crippen LogP contribution in [0.25, 0.3) is 0 Å². The molecule has 6 nitrogen and oxygen atoms in total. The van der Waals surface area contributed by atoms with Gasteiger partial charge in [0.1, 0.15) is 5.76 Å². The quantitative estimate of drug-likeness (QED) is 0.310. The number of carbonyl (C=O) groups is 2. The molecule has 0 aliphatic heterocycles. The average Bonchev–Trinajstić information content (AvgIpc) is 2.97. The number of amides is 2. The van der Waals surface area contributed by atoms with E-state index in [-0.39, 0.29) is 18.2 Å². The predicted octanol–water partition coefficient (Wildman–Crippen LogP) is 2.54. The van der Waals surface area contributed by atoms with E-state index < -0.39 is 0 Å². The third-order valence-electron chi connectivity index (χ3n) is 2.88. The van der Waals surface area contributed by atoms with Crippen molar-refractivity contribution >= 4 is 40.6 Å². The fraction of sp³-hybridized carbons (Fsp3) is 0.188. The Morgan fingerprint density at radius 1 is 1.17 bits per heavy atom. The molecule has 120 valence electrons. The first-order valence-electron chi connectivity index (χ1n) is 7.05. The summed E-state index contributed by atoms with van der Waals surface area (Å²) in [5.74, 6) is 0.220. The van der Waals surface area contributed by atoms with Gasteiger partial charge in [-0.2, -0.15) is 5.10 Å². The molecule has 1 aromatic carbocycles. The summed E-state index contributed by atoms with van der Waals surface area (Å²) >= 11 is 2.05. The molecule has 2 N–H and O–H groups in total. The summed E-state index contributed by atoms with van der Waals surface area (Å²) < 4.78 is 6.03. The zero-order valence-electron chi connectivity index (χ0n) is 12.3. The van der Waals surface area contributed by atoms with E-state index in [1.807, 2.05) is 28.7 Å². The number of rotatable bonds is 7. The van der Waals surface area contributed by atoms with E-state index in [2.05, 4.69) is 15.8 Å². The first-order chi connectivity index (χ1) is 11.1. The Balaban J connectivity index is 1.61. The summed E-state index contributed by atoms with van der Waals surface area (Å²) in [6, 6.07) is 12.5. The van der Waals surface area contributed by atoms with Crippen molar-refractivity contribution in [3.8, 4) is 0 Å². The van der Waals surface area contributed by atoms with Crippen LogP contribution in [-0.2, 0) is 4.79 Å². The zero-order valence-corrected chi connectivity index (χ0v) is 14.4. The van der Waals surface area contributed by atoms with Gasteiger partial charge in [0, 0.05) is 18.5 Å². The Morgan fingerprint density at radius 3 is 2.65 bits per heavy atom. The Kier molecular flexibility index (Phi) is 6.79. The van der Waals surface area contributed by atoms with Crippen molar-refractivity contribution in [1.29, 1.82) is 0 Å². The molecular formula is C16H16IN3O3. The number of hydrazone groups is 1. The number of hydrogen-bond donors (Lipinski definition) is 2. The van der Waals surface area contributed by atoms with Gasteiger partial charge in [-0.25, -0.2) is 5.43 Å². The monoisotopic (exact) mass is 425 g/mol. The minimum atomic E-state index is -0.212. The largest absolute Gasteiger partial charge is 0.449 e. The van der Waals surface area contributed by atoms with Crippen molar-refractivity contribution in [2.24, 2.45) is 5.10 Å². The zero-order chi connectivity index (χ0) is 16.5. The molecule has 1 heterocycles. The van der Waals surface area contributed by atoms with Crippen LogP contribution in [0.3, 0.4) is 0 Å². The molecule has 23 heavy (non-hydrogen) atoms. The molecule has 0 unspecified atom stereocenters. The third kappa shape index (κ3) is 6.23. The average molecular weight is 425 g/mol. The van der Waals surface area contributed by atoms with Crippen molar-refractivity contribution < 1.29 is 14.0 Å². The third-order valence-corrected chi connectivity index (χ3v) is 3.46. The lowest BCUT2D eigenvalue weighted by molar-refractivity contribution is -0.121. The van der Waals surface area contributed by atoms with Gasteiger partial charge in [0.2, 0.25) is 5.91 Å². The first kappa shape index (κ1) is 17.2. The molecule has 0 fully saturated rings. The van der Waals surface area contributed by atoms with Gasteiger partial charge in [0.15, 0.2) is 3.77 Å². The number of benzene rings is 1. The Hall–Kier alpha value is -2.16. The molecule has 0 saturated carbocycles. The molecule has 2 amide bonds. The summed E-state index contributed by atoms with van der Waals surface area (Å²) in [6.07, 6.45) is 2.26. The lowest BCUT2D eigenvalue weighted by atomic mass is 10.2. The van der Waals surface area contributed by atoms with Crippen molar-refractivity contribution in [3.63, 3.8) is 0 Å². The second-order valence-corrected chi connectivity index (χ2v) is 5.72. The van der Waals surface area contributed by atoms with Gasteiger partial charge in [-0.1, -0.05) is 18.2 Å². The van der Waals surface area contributed by atoms with E-state index in [0.717, 1.165) is 3.77 Å². The van der Waals surface area contributed by atoms with Gasteiger partial charge in [0.25, 0.3) is 5.91 Å². The van der Waals surface area contributed by atoms with Gasteiger partial charge >= 0.3 is 0 Å². The van der Waals surface area contributed by atoms with Crippen LogP contribution in [0.1, 0.15) is 29.0 Å². The first-order valence-corrected chi connectivity index (χ1v) is 8.13. The smallest absolute Gasteiger partial charge is 0.251 e. The highest BCUT2D eigenvalue weighted by atomic mass is 127. The SMILES string of the molecule is O=C(CCCNC(=O)c1ccccc1)N/N=C/c1ccc(I)o1. The van der Waals surface area contributed by atoms with Crippen LogP contribution >= 0.6 is 22.6 Å². The van der Waals surface area contributed by atoms with Crippen molar-refractivity contribution in [2.45, 2.75) is 12.8 Å². The van der Waals surface area contributed by atoms with E-state index in [0.29, 0.717) is 24.3 Å². The van der Waals surface area contributed by atoms with Gasteiger partial charge in [0.05, 0.1) is 6.21 Å². The van der Waals surface area contributed by atoms with E-state index in [1.54, 1.807) is 36.4 Å². The predicted molar refractivity (Wildman–Crippen MR) is 95.2 cm³/mol. The molecule has 1 aromatic heterocycles. The molecule has 2 aromatic rings. The fourth-order valence-corrected chi connectivity index (χ4v) is 2.20. The second kappa shape index (κ2) is 9.09. The van der Waals surface area contributed by atoms with Crippen LogP contribution in [0.15, 0.2) is 52.0 Å². The van der Waals surface area contributed by atoms with E-state index in [4.69, 9.17) is 4.42 Å². The highest BCUT2D eigenvalue weighted by Crippen LogP contribution is 2.07. The fourth-order valence-electron chi connectivity index (χ4n) is 1.76. The molecule has 0 aliphatic rings. The molecule has 7 heteroatoms. The molecule has 0 aliphatic carbocycles. The highest BCUT2D eigenvalue weighted by Gasteiger charge is 2.04. The number of furan rings is 1. The van der Waals surface area contributed by atoms with Crippen molar-refractivity contribution in [1.82, 2.24) is 10.7 Å². The summed E-state index contributed by atoms with van der Waals surface area (Å²) in [5.41, 5.74) is 3.02. The molecule has 0 saturated heterocycles. The minimum Gasteiger partial charge on any atom is -0.449 e. The van der Waals surface area contributed by atoms with Gasteiger partial charge in [-0.15, -0.1) is 0 Å². The van der Waals surface area contributed by atoms with Crippen molar-refractivity contribution in [2.75, 3.05) is 6.54 Å². The lowest BCUT2D eigenvalue weighted by Crippen LogP contribution is -2.26. The van der Waals surface area contributed by atoms with E-state index in [9.17, 15) is 9.59 Å². The molecule has 0 bridgehead atoms. The number of hydrogen-bond acceptors (Lipinski definition) is 4. The molecule has 0 radical (unpaired) electrons. The summed E-state index contributed by atoms with van der Waals surface area (Å²) in [7, 11) is 0.